The Morgan fingerprint density at radius 3 is 2.62 bits per heavy atom. The minimum Gasteiger partial charge on any atom is -0.501 e. The van der Waals surface area contributed by atoms with Crippen molar-refractivity contribution in [2.45, 2.75) is 32.0 Å². The van der Waals surface area contributed by atoms with Crippen molar-refractivity contribution >= 4 is 29.3 Å². The number of rotatable bonds is 4. The molecule has 0 fully saturated rings. The number of benzene rings is 1. The SMILES string of the molecule is CN(C)C(=O)C(=O)N(C)C1CCCn2c1nc(C(=O)NCc1cccc(Cl)c1)c(O)c2=O. The number of fused-ring (bicyclic) bond motifs is 1. The van der Waals surface area contributed by atoms with Gasteiger partial charge >= 0.3 is 11.8 Å². The Bertz CT molecular complexity index is 1130. The average Bonchev–Trinajstić information content (AvgIpc) is 2.77. The third-order valence-electron chi connectivity index (χ3n) is 5.27. The highest BCUT2D eigenvalue weighted by Crippen LogP contribution is 2.29. The lowest BCUT2D eigenvalue weighted by Gasteiger charge is -2.33. The standard InChI is InChI=1S/C21H24ClN5O5/c1-25(2)20(31)21(32)26(3)14-8-5-9-27-17(14)24-15(16(28)19(27)30)18(29)23-11-12-6-4-7-13(22)10-12/h4,6-7,10,14,28H,5,8-9,11H2,1-3H3,(H,23,29). The van der Waals surface area contributed by atoms with E-state index >= 15 is 0 Å². The summed E-state index contributed by atoms with van der Waals surface area (Å²) in [6, 6.07) is 6.17. The largest absolute Gasteiger partial charge is 0.501 e. The average molecular weight is 462 g/mol. The Morgan fingerprint density at radius 2 is 1.97 bits per heavy atom. The molecule has 170 valence electrons. The van der Waals surface area contributed by atoms with Gasteiger partial charge in [-0.05, 0) is 30.5 Å². The monoisotopic (exact) mass is 461 g/mol. The van der Waals surface area contributed by atoms with Gasteiger partial charge in [0.15, 0.2) is 5.69 Å². The number of hydrogen-bond acceptors (Lipinski definition) is 6. The third-order valence-corrected chi connectivity index (χ3v) is 5.50. The van der Waals surface area contributed by atoms with E-state index in [4.69, 9.17) is 11.6 Å². The summed E-state index contributed by atoms with van der Waals surface area (Å²) in [4.78, 5) is 56.7. The summed E-state index contributed by atoms with van der Waals surface area (Å²) in [5, 5.41) is 13.5. The zero-order chi connectivity index (χ0) is 23.6. The summed E-state index contributed by atoms with van der Waals surface area (Å²) in [5.74, 6) is -2.84. The van der Waals surface area contributed by atoms with Crippen LogP contribution in [-0.2, 0) is 22.7 Å². The van der Waals surface area contributed by atoms with E-state index in [1.807, 2.05) is 0 Å². The van der Waals surface area contributed by atoms with E-state index in [9.17, 15) is 24.3 Å². The van der Waals surface area contributed by atoms with Crippen molar-refractivity contribution in [3.63, 3.8) is 0 Å². The van der Waals surface area contributed by atoms with Crippen molar-refractivity contribution < 1.29 is 19.5 Å². The first-order valence-electron chi connectivity index (χ1n) is 9.96. The number of carbonyl (C=O) groups excluding carboxylic acids is 3. The molecule has 32 heavy (non-hydrogen) atoms. The minimum absolute atomic E-state index is 0.109. The molecule has 0 saturated carbocycles. The number of nitrogens with one attached hydrogen (secondary N) is 1. The smallest absolute Gasteiger partial charge is 0.312 e. The van der Waals surface area contributed by atoms with Gasteiger partial charge in [0.2, 0.25) is 5.75 Å². The summed E-state index contributed by atoms with van der Waals surface area (Å²) in [7, 11) is 4.38. The third kappa shape index (κ3) is 4.59. The molecule has 1 aromatic carbocycles. The number of likely N-dealkylation sites (N-methyl/N-ethyl adjacent to an activating group) is 2. The Morgan fingerprint density at radius 1 is 1.25 bits per heavy atom. The number of aromatic nitrogens is 2. The molecule has 3 rings (SSSR count). The van der Waals surface area contributed by atoms with Crippen molar-refractivity contribution in [3.8, 4) is 5.75 Å². The molecule has 1 unspecified atom stereocenters. The van der Waals surface area contributed by atoms with E-state index in [-0.39, 0.29) is 18.9 Å². The Hall–Kier alpha value is -3.40. The summed E-state index contributed by atoms with van der Waals surface area (Å²) in [5.41, 5.74) is -0.479. The quantitative estimate of drug-likeness (QED) is 0.652. The highest BCUT2D eigenvalue weighted by atomic mass is 35.5. The van der Waals surface area contributed by atoms with Gasteiger partial charge in [0.25, 0.3) is 11.5 Å². The van der Waals surface area contributed by atoms with Crippen LogP contribution in [0.25, 0.3) is 0 Å². The van der Waals surface area contributed by atoms with Crippen molar-refractivity contribution in [1.29, 1.82) is 0 Å². The molecule has 2 N–H and O–H groups in total. The number of carbonyl (C=O) groups is 3. The minimum atomic E-state index is -0.771. The fourth-order valence-electron chi connectivity index (χ4n) is 3.53. The normalized spacial score (nSPS) is 14.9. The lowest BCUT2D eigenvalue weighted by atomic mass is 10.0. The van der Waals surface area contributed by atoms with Crippen molar-refractivity contribution in [2.75, 3.05) is 21.1 Å². The molecule has 1 atom stereocenters. The van der Waals surface area contributed by atoms with Gasteiger partial charge in [-0.3, -0.25) is 23.7 Å². The lowest BCUT2D eigenvalue weighted by molar-refractivity contribution is -0.151. The van der Waals surface area contributed by atoms with Gasteiger partial charge in [0.1, 0.15) is 5.82 Å². The number of hydrogen-bond donors (Lipinski definition) is 2. The summed E-state index contributed by atoms with van der Waals surface area (Å²) >= 11 is 5.95. The van der Waals surface area contributed by atoms with Gasteiger partial charge in [0, 0.05) is 39.3 Å². The van der Waals surface area contributed by atoms with E-state index in [2.05, 4.69) is 10.3 Å². The van der Waals surface area contributed by atoms with Crippen molar-refractivity contribution in [3.05, 3.63) is 56.7 Å². The van der Waals surface area contributed by atoms with E-state index in [0.717, 1.165) is 10.5 Å². The Balaban J connectivity index is 1.92. The van der Waals surface area contributed by atoms with Crippen LogP contribution in [0.1, 0.15) is 40.8 Å². The van der Waals surface area contributed by atoms with Gasteiger partial charge in [-0.15, -0.1) is 0 Å². The van der Waals surface area contributed by atoms with Crippen LogP contribution in [0, 0.1) is 0 Å². The van der Waals surface area contributed by atoms with Crippen LogP contribution in [0.5, 0.6) is 5.75 Å². The van der Waals surface area contributed by atoms with Crippen molar-refractivity contribution in [2.24, 2.45) is 0 Å². The molecule has 0 spiro atoms. The van der Waals surface area contributed by atoms with E-state index < -0.39 is 40.8 Å². The maximum Gasteiger partial charge on any atom is 0.312 e. The molecule has 10 nitrogen and oxygen atoms in total. The first kappa shape index (κ1) is 23.3. The first-order chi connectivity index (χ1) is 15.1. The van der Waals surface area contributed by atoms with Crippen LogP contribution in [0.3, 0.4) is 0 Å². The molecule has 1 aromatic heterocycles. The molecule has 1 aliphatic rings. The van der Waals surface area contributed by atoms with Crippen LogP contribution >= 0.6 is 11.6 Å². The van der Waals surface area contributed by atoms with Gasteiger partial charge in [-0.25, -0.2) is 4.98 Å². The van der Waals surface area contributed by atoms with Gasteiger partial charge < -0.3 is 20.2 Å². The fraction of sp³-hybridized carbons (Fsp3) is 0.381. The van der Waals surface area contributed by atoms with Crippen LogP contribution in [-0.4, -0.2) is 63.3 Å². The topological polar surface area (TPSA) is 125 Å². The summed E-state index contributed by atoms with van der Waals surface area (Å²) in [6.45, 7) is 0.386. The van der Waals surface area contributed by atoms with Crippen LogP contribution in [0.2, 0.25) is 5.02 Å². The molecule has 2 heterocycles. The van der Waals surface area contributed by atoms with Crippen LogP contribution in [0.4, 0.5) is 0 Å². The molecule has 0 aliphatic carbocycles. The van der Waals surface area contributed by atoms with Crippen molar-refractivity contribution in [1.82, 2.24) is 24.7 Å². The number of aromatic hydroxyl groups is 1. The van der Waals surface area contributed by atoms with E-state index in [1.165, 1.54) is 30.6 Å². The molecule has 0 saturated heterocycles. The highest BCUT2D eigenvalue weighted by molar-refractivity contribution is 6.34. The second-order valence-electron chi connectivity index (χ2n) is 7.71. The van der Waals surface area contributed by atoms with Gasteiger partial charge in [-0.2, -0.15) is 0 Å². The zero-order valence-electron chi connectivity index (χ0n) is 18.0. The Labute approximate surface area is 189 Å². The number of nitrogens with zero attached hydrogens (tertiary/aromatic N) is 4. The molecule has 1 aliphatic heterocycles. The predicted molar refractivity (Wildman–Crippen MR) is 116 cm³/mol. The molecule has 0 radical (unpaired) electrons. The number of amides is 3. The molecular formula is C21H24ClN5O5. The summed E-state index contributed by atoms with van der Waals surface area (Å²) < 4.78 is 1.24. The highest BCUT2D eigenvalue weighted by Gasteiger charge is 2.34. The molecular weight excluding hydrogens is 438 g/mol. The fourth-order valence-corrected chi connectivity index (χ4v) is 3.74. The molecule has 0 bridgehead atoms. The second kappa shape index (κ2) is 9.39. The maximum atomic E-state index is 12.7. The zero-order valence-corrected chi connectivity index (χ0v) is 18.7. The second-order valence-corrected chi connectivity index (χ2v) is 8.15. The predicted octanol–water partition coefficient (Wildman–Crippen LogP) is 0.914. The first-order valence-corrected chi connectivity index (χ1v) is 10.3. The maximum absolute atomic E-state index is 12.7. The lowest BCUT2D eigenvalue weighted by Crippen LogP contribution is -2.45. The van der Waals surface area contributed by atoms with Crippen LogP contribution in [0.15, 0.2) is 29.1 Å². The Kier molecular flexibility index (Phi) is 6.83. The van der Waals surface area contributed by atoms with Crippen LogP contribution < -0.4 is 10.9 Å². The summed E-state index contributed by atoms with van der Waals surface area (Å²) in [6.07, 6.45) is 0.983. The van der Waals surface area contributed by atoms with Gasteiger partial charge in [-0.1, -0.05) is 23.7 Å². The molecule has 11 heteroatoms. The van der Waals surface area contributed by atoms with E-state index in [1.54, 1.807) is 24.3 Å². The molecule has 2 aromatic rings. The van der Waals surface area contributed by atoms with Gasteiger partial charge in [0.05, 0.1) is 6.04 Å². The van der Waals surface area contributed by atoms with E-state index in [0.29, 0.717) is 17.9 Å². The molecule has 3 amide bonds. The number of halogens is 1.